The van der Waals surface area contributed by atoms with Crippen molar-refractivity contribution in [2.75, 3.05) is 17.2 Å². The minimum absolute atomic E-state index is 0.335. The Kier molecular flexibility index (Phi) is 4.25. The van der Waals surface area contributed by atoms with Gasteiger partial charge in [0.25, 0.3) is 5.91 Å². The number of hydrogen-bond acceptors (Lipinski definition) is 5. The van der Waals surface area contributed by atoms with E-state index >= 15 is 0 Å². The van der Waals surface area contributed by atoms with E-state index < -0.39 is 0 Å². The average Bonchev–Trinajstić information content (AvgIpc) is 2.42. The number of anilines is 2. The Hall–Kier alpha value is -2.21. The van der Waals surface area contributed by atoms with Crippen molar-refractivity contribution >= 4 is 29.1 Å². The van der Waals surface area contributed by atoms with E-state index in [4.69, 9.17) is 11.6 Å². The molecule has 0 aromatic carbocycles. The Bertz CT molecular complexity index is 576. The summed E-state index contributed by atoms with van der Waals surface area (Å²) in [6, 6.07) is 1.55. The van der Waals surface area contributed by atoms with Crippen molar-refractivity contribution < 1.29 is 4.79 Å². The Morgan fingerprint density at radius 2 is 2.16 bits per heavy atom. The number of rotatable bonds is 4. The van der Waals surface area contributed by atoms with Crippen LogP contribution in [0.15, 0.2) is 30.9 Å². The minimum atomic E-state index is -0.335. The Balaban J connectivity index is 2.14. The normalized spacial score (nSPS) is 10.0. The van der Waals surface area contributed by atoms with E-state index in [0.717, 1.165) is 0 Å². The summed E-state index contributed by atoms with van der Waals surface area (Å²) >= 11 is 6.02. The molecule has 0 saturated heterocycles. The molecule has 0 aliphatic rings. The summed E-state index contributed by atoms with van der Waals surface area (Å²) in [5.41, 5.74) is 0.359. The summed E-state index contributed by atoms with van der Waals surface area (Å²) < 4.78 is 0. The molecule has 2 aromatic heterocycles. The van der Waals surface area contributed by atoms with Gasteiger partial charge in [0.2, 0.25) is 0 Å². The van der Waals surface area contributed by atoms with Crippen molar-refractivity contribution in [3.8, 4) is 0 Å². The summed E-state index contributed by atoms with van der Waals surface area (Å²) in [4.78, 5) is 23.8. The lowest BCUT2D eigenvalue weighted by molar-refractivity contribution is 0.102. The van der Waals surface area contributed by atoms with E-state index in [0.29, 0.717) is 28.8 Å². The molecule has 0 atom stereocenters. The van der Waals surface area contributed by atoms with Crippen LogP contribution in [0, 0.1) is 0 Å². The van der Waals surface area contributed by atoms with Crippen LogP contribution in [-0.4, -0.2) is 27.4 Å². The molecule has 2 rings (SSSR count). The average molecular weight is 278 g/mol. The maximum atomic E-state index is 11.9. The van der Waals surface area contributed by atoms with Gasteiger partial charge in [-0.3, -0.25) is 9.78 Å². The van der Waals surface area contributed by atoms with E-state index in [1.54, 1.807) is 6.07 Å². The zero-order chi connectivity index (χ0) is 13.7. The summed E-state index contributed by atoms with van der Waals surface area (Å²) in [5.74, 6) is 0.595. The lowest BCUT2D eigenvalue weighted by Gasteiger charge is -2.07. The molecule has 0 aliphatic heterocycles. The highest BCUT2D eigenvalue weighted by atomic mass is 35.5. The summed E-state index contributed by atoms with van der Waals surface area (Å²) in [7, 11) is 0. The van der Waals surface area contributed by atoms with Gasteiger partial charge in [0.05, 0.1) is 16.8 Å². The van der Waals surface area contributed by atoms with Crippen LogP contribution in [0.2, 0.25) is 5.02 Å². The molecule has 0 aliphatic carbocycles. The predicted molar refractivity (Wildman–Crippen MR) is 73.4 cm³/mol. The predicted octanol–water partition coefficient (Wildman–Crippen LogP) is 2.21. The second-order valence-electron chi connectivity index (χ2n) is 3.63. The molecule has 7 heteroatoms. The molecule has 0 spiro atoms. The van der Waals surface area contributed by atoms with Gasteiger partial charge in [-0.25, -0.2) is 9.97 Å². The van der Waals surface area contributed by atoms with Crippen molar-refractivity contribution in [1.82, 2.24) is 15.0 Å². The van der Waals surface area contributed by atoms with Gasteiger partial charge in [-0.2, -0.15) is 0 Å². The van der Waals surface area contributed by atoms with Gasteiger partial charge in [0.1, 0.15) is 5.82 Å². The zero-order valence-electron chi connectivity index (χ0n) is 10.2. The smallest absolute Gasteiger partial charge is 0.258 e. The number of halogens is 1. The van der Waals surface area contributed by atoms with Crippen LogP contribution in [0.3, 0.4) is 0 Å². The molecule has 0 bridgehead atoms. The van der Waals surface area contributed by atoms with Gasteiger partial charge in [-0.05, 0) is 13.0 Å². The first-order valence-corrected chi connectivity index (χ1v) is 6.05. The van der Waals surface area contributed by atoms with Crippen LogP contribution in [0.4, 0.5) is 11.6 Å². The third-order valence-electron chi connectivity index (χ3n) is 2.25. The lowest BCUT2D eigenvalue weighted by Crippen LogP contribution is -2.14. The number of carbonyl (C=O) groups excluding carboxylic acids is 1. The topological polar surface area (TPSA) is 79.8 Å². The second-order valence-corrected chi connectivity index (χ2v) is 4.04. The number of aromatic nitrogens is 3. The van der Waals surface area contributed by atoms with E-state index in [1.165, 1.54) is 24.8 Å². The fourth-order valence-electron chi connectivity index (χ4n) is 1.41. The second kappa shape index (κ2) is 6.10. The summed E-state index contributed by atoms with van der Waals surface area (Å²) in [6.07, 6.45) is 5.93. The number of carbonyl (C=O) groups is 1. The molecule has 0 radical (unpaired) electrons. The van der Waals surface area contributed by atoms with Gasteiger partial charge in [0, 0.05) is 25.1 Å². The zero-order valence-corrected chi connectivity index (χ0v) is 11.0. The van der Waals surface area contributed by atoms with Crippen molar-refractivity contribution in [2.24, 2.45) is 0 Å². The van der Waals surface area contributed by atoms with Gasteiger partial charge < -0.3 is 10.6 Å². The van der Waals surface area contributed by atoms with E-state index in [-0.39, 0.29) is 5.91 Å². The first-order valence-electron chi connectivity index (χ1n) is 5.67. The fourth-order valence-corrected chi connectivity index (χ4v) is 1.64. The molecular formula is C12H12ClN5O. The van der Waals surface area contributed by atoms with Crippen molar-refractivity contribution in [2.45, 2.75) is 6.92 Å². The van der Waals surface area contributed by atoms with Crippen LogP contribution in [0.1, 0.15) is 17.3 Å². The van der Waals surface area contributed by atoms with Crippen LogP contribution >= 0.6 is 11.6 Å². The molecule has 0 unspecified atom stereocenters. The van der Waals surface area contributed by atoms with Gasteiger partial charge >= 0.3 is 0 Å². The van der Waals surface area contributed by atoms with Gasteiger partial charge in [0.15, 0.2) is 5.82 Å². The van der Waals surface area contributed by atoms with Gasteiger partial charge in [-0.15, -0.1) is 0 Å². The highest BCUT2D eigenvalue weighted by molar-refractivity contribution is 6.33. The standard InChI is InChI=1S/C12H12ClN5O/c1-2-15-11-9(13)5-8(6-17-11)12(19)18-10-7-14-3-4-16-10/h3-7H,2H2,1H3,(H,15,17)(H,16,18,19). The number of hydrogen-bond donors (Lipinski definition) is 2. The number of pyridine rings is 1. The first kappa shape index (κ1) is 13.2. The lowest BCUT2D eigenvalue weighted by atomic mass is 10.2. The minimum Gasteiger partial charge on any atom is -0.369 e. The highest BCUT2D eigenvalue weighted by Gasteiger charge is 2.10. The maximum absolute atomic E-state index is 11.9. The van der Waals surface area contributed by atoms with Crippen LogP contribution < -0.4 is 10.6 Å². The summed E-state index contributed by atoms with van der Waals surface area (Å²) in [5, 5.41) is 6.00. The molecule has 0 fully saturated rings. The third-order valence-corrected chi connectivity index (χ3v) is 2.54. The Labute approximate surface area is 115 Å². The number of nitrogens with zero attached hydrogens (tertiary/aromatic N) is 3. The van der Waals surface area contributed by atoms with Crippen molar-refractivity contribution in [3.05, 3.63) is 41.4 Å². The third kappa shape index (κ3) is 3.38. The molecular weight excluding hydrogens is 266 g/mol. The molecule has 19 heavy (non-hydrogen) atoms. The highest BCUT2D eigenvalue weighted by Crippen LogP contribution is 2.20. The van der Waals surface area contributed by atoms with E-state index in [9.17, 15) is 4.79 Å². The Morgan fingerprint density at radius 3 is 2.79 bits per heavy atom. The maximum Gasteiger partial charge on any atom is 0.258 e. The van der Waals surface area contributed by atoms with E-state index in [2.05, 4.69) is 25.6 Å². The molecule has 6 nitrogen and oxygen atoms in total. The SMILES string of the molecule is CCNc1ncc(C(=O)Nc2cnccn2)cc1Cl. The largest absolute Gasteiger partial charge is 0.369 e. The summed E-state index contributed by atoms with van der Waals surface area (Å²) in [6.45, 7) is 2.64. The molecule has 0 saturated carbocycles. The molecule has 1 amide bonds. The van der Waals surface area contributed by atoms with Crippen LogP contribution in [0.25, 0.3) is 0 Å². The first-order chi connectivity index (χ1) is 9.20. The van der Waals surface area contributed by atoms with Crippen LogP contribution in [-0.2, 0) is 0 Å². The Morgan fingerprint density at radius 1 is 1.32 bits per heavy atom. The fraction of sp³-hybridized carbons (Fsp3) is 0.167. The van der Waals surface area contributed by atoms with Crippen LogP contribution in [0.5, 0.6) is 0 Å². The van der Waals surface area contributed by atoms with Crippen molar-refractivity contribution in [3.63, 3.8) is 0 Å². The molecule has 2 N–H and O–H groups in total. The van der Waals surface area contributed by atoms with Crippen molar-refractivity contribution in [1.29, 1.82) is 0 Å². The number of nitrogens with one attached hydrogen (secondary N) is 2. The van der Waals surface area contributed by atoms with Gasteiger partial charge in [-0.1, -0.05) is 11.6 Å². The molecule has 2 heterocycles. The van der Waals surface area contributed by atoms with E-state index in [1.807, 2.05) is 6.92 Å². The monoisotopic (exact) mass is 277 g/mol. The molecule has 98 valence electrons. The molecule has 2 aromatic rings. The quantitative estimate of drug-likeness (QED) is 0.896. The number of amides is 1.